The van der Waals surface area contributed by atoms with Crippen LogP contribution >= 0.6 is 0 Å². The van der Waals surface area contributed by atoms with Crippen molar-refractivity contribution in [1.82, 2.24) is 19.3 Å². The lowest BCUT2D eigenvalue weighted by Gasteiger charge is -2.10. The molecular formula is C28H29F3N4O2. The predicted octanol–water partition coefficient (Wildman–Crippen LogP) is 5.85. The largest absolute Gasteiger partial charge is 0.478 e. The van der Waals surface area contributed by atoms with Crippen molar-refractivity contribution >= 4 is 11.4 Å². The lowest BCUT2D eigenvalue weighted by Crippen LogP contribution is -2.15. The number of fused-ring (bicyclic) bond motifs is 1. The number of aromatic nitrogens is 3. The number of imidazole rings is 1. The monoisotopic (exact) mass is 510 g/mol. The maximum absolute atomic E-state index is 12.4. The standard InChI is InChI=1S/C28H29F3N4O2/c1-34(2)12-4-14-37-27-8-7-23(18-33-27)21-10-13-35-25(19-32-26(35)17-21)22-6-3-5-20(15-22)16-24(36)9-11-28(29,30)31/h3,5-8,10,13,15,17-19H,4,9,11-12,14,16H2,1-2H3. The summed E-state index contributed by atoms with van der Waals surface area (Å²) in [4.78, 5) is 23.1. The molecule has 0 aliphatic rings. The number of pyridine rings is 2. The van der Waals surface area contributed by atoms with E-state index in [0.29, 0.717) is 18.1 Å². The zero-order valence-corrected chi connectivity index (χ0v) is 20.8. The fourth-order valence-electron chi connectivity index (χ4n) is 4.01. The van der Waals surface area contributed by atoms with Gasteiger partial charge in [0.1, 0.15) is 11.4 Å². The molecule has 9 heteroatoms. The lowest BCUT2D eigenvalue weighted by molar-refractivity contribution is -0.143. The number of carbonyl (C=O) groups excluding carboxylic acids is 1. The fraction of sp³-hybridized carbons (Fsp3) is 0.321. The van der Waals surface area contributed by atoms with Gasteiger partial charge >= 0.3 is 6.18 Å². The molecule has 0 saturated heterocycles. The Morgan fingerprint density at radius 3 is 2.57 bits per heavy atom. The zero-order chi connectivity index (χ0) is 26.4. The van der Waals surface area contributed by atoms with Crippen LogP contribution in [0, 0.1) is 0 Å². The first-order valence-corrected chi connectivity index (χ1v) is 12.1. The molecule has 0 fully saturated rings. The first kappa shape index (κ1) is 26.3. The smallest absolute Gasteiger partial charge is 0.389 e. The third-order valence-electron chi connectivity index (χ3n) is 5.89. The van der Waals surface area contributed by atoms with E-state index in [-0.39, 0.29) is 6.42 Å². The molecular weight excluding hydrogens is 481 g/mol. The minimum absolute atomic E-state index is 0.0346. The van der Waals surface area contributed by atoms with Gasteiger partial charge in [-0.05, 0) is 55.9 Å². The average Bonchev–Trinajstić information content (AvgIpc) is 3.29. The van der Waals surface area contributed by atoms with E-state index >= 15 is 0 Å². The highest BCUT2D eigenvalue weighted by atomic mass is 19.4. The van der Waals surface area contributed by atoms with Gasteiger partial charge in [0.15, 0.2) is 0 Å². The molecule has 4 rings (SSSR count). The van der Waals surface area contributed by atoms with Gasteiger partial charge in [-0.2, -0.15) is 13.2 Å². The lowest BCUT2D eigenvalue weighted by atomic mass is 10.0. The molecule has 0 atom stereocenters. The Hall–Kier alpha value is -3.72. The van der Waals surface area contributed by atoms with E-state index < -0.39 is 24.8 Å². The molecule has 0 radical (unpaired) electrons. The quantitative estimate of drug-likeness (QED) is 0.237. The molecule has 0 aliphatic carbocycles. The number of ketones is 1. The Balaban J connectivity index is 1.45. The summed E-state index contributed by atoms with van der Waals surface area (Å²) in [5.74, 6) is 0.152. The summed E-state index contributed by atoms with van der Waals surface area (Å²) in [6, 6.07) is 15.0. The number of hydrogen-bond donors (Lipinski definition) is 0. The molecule has 3 aromatic heterocycles. The molecule has 194 valence electrons. The van der Waals surface area contributed by atoms with Gasteiger partial charge in [-0.15, -0.1) is 0 Å². The molecule has 0 spiro atoms. The van der Waals surface area contributed by atoms with E-state index in [1.54, 1.807) is 24.5 Å². The molecule has 0 bridgehead atoms. The van der Waals surface area contributed by atoms with Crippen LogP contribution in [0.15, 0.2) is 67.1 Å². The van der Waals surface area contributed by atoms with Gasteiger partial charge in [-0.3, -0.25) is 9.20 Å². The van der Waals surface area contributed by atoms with Crippen molar-refractivity contribution in [3.63, 3.8) is 0 Å². The van der Waals surface area contributed by atoms with Crippen molar-refractivity contribution in [3.05, 3.63) is 72.7 Å². The van der Waals surface area contributed by atoms with Crippen LogP contribution in [0.2, 0.25) is 0 Å². The van der Waals surface area contributed by atoms with Crippen molar-refractivity contribution in [2.24, 2.45) is 0 Å². The molecule has 6 nitrogen and oxygen atoms in total. The summed E-state index contributed by atoms with van der Waals surface area (Å²) < 4.78 is 44.9. The maximum Gasteiger partial charge on any atom is 0.389 e. The topological polar surface area (TPSA) is 59.7 Å². The average molecular weight is 511 g/mol. The fourth-order valence-corrected chi connectivity index (χ4v) is 4.01. The summed E-state index contributed by atoms with van der Waals surface area (Å²) in [5, 5.41) is 0. The van der Waals surface area contributed by atoms with Crippen molar-refractivity contribution in [1.29, 1.82) is 0 Å². The third kappa shape index (κ3) is 7.39. The molecule has 0 aliphatic heterocycles. The second kappa shape index (κ2) is 11.6. The maximum atomic E-state index is 12.4. The number of ether oxygens (including phenoxy) is 1. The third-order valence-corrected chi connectivity index (χ3v) is 5.89. The number of Topliss-reactive ketones (excluding diaryl/α,β-unsaturated/α-hetero) is 1. The highest BCUT2D eigenvalue weighted by molar-refractivity contribution is 5.81. The second-order valence-electron chi connectivity index (χ2n) is 9.21. The van der Waals surface area contributed by atoms with E-state index in [1.165, 1.54) is 0 Å². The minimum Gasteiger partial charge on any atom is -0.478 e. The van der Waals surface area contributed by atoms with Crippen molar-refractivity contribution in [2.75, 3.05) is 27.2 Å². The van der Waals surface area contributed by atoms with Gasteiger partial charge in [-0.1, -0.05) is 18.2 Å². The van der Waals surface area contributed by atoms with Crippen molar-refractivity contribution in [2.45, 2.75) is 31.9 Å². The van der Waals surface area contributed by atoms with Gasteiger partial charge in [0.2, 0.25) is 5.88 Å². The van der Waals surface area contributed by atoms with E-state index in [2.05, 4.69) is 14.9 Å². The Kier molecular flexibility index (Phi) is 8.23. The Bertz CT molecular complexity index is 1350. The number of alkyl halides is 3. The number of benzene rings is 1. The first-order chi connectivity index (χ1) is 17.7. The van der Waals surface area contributed by atoms with Crippen LogP contribution in [0.4, 0.5) is 13.2 Å². The summed E-state index contributed by atoms with van der Waals surface area (Å²) in [5.41, 5.74) is 4.96. The van der Waals surface area contributed by atoms with E-state index in [1.807, 2.05) is 61.1 Å². The SMILES string of the molecule is CN(C)CCCOc1ccc(-c2ccn3c(-c4cccc(CC(=O)CCC(F)(F)F)c4)cnc3c2)cn1. The number of carbonyl (C=O) groups is 1. The summed E-state index contributed by atoms with van der Waals surface area (Å²) in [6.45, 7) is 1.56. The van der Waals surface area contributed by atoms with Crippen LogP contribution < -0.4 is 4.74 Å². The predicted molar refractivity (Wildman–Crippen MR) is 137 cm³/mol. The van der Waals surface area contributed by atoms with E-state index in [0.717, 1.165) is 41.0 Å². The molecule has 0 unspecified atom stereocenters. The van der Waals surface area contributed by atoms with Gasteiger partial charge in [0.05, 0.1) is 24.9 Å². The molecule has 0 N–H and O–H groups in total. The van der Waals surface area contributed by atoms with E-state index in [4.69, 9.17) is 4.74 Å². The van der Waals surface area contributed by atoms with Crippen LogP contribution in [0.5, 0.6) is 5.88 Å². The zero-order valence-electron chi connectivity index (χ0n) is 20.8. The summed E-state index contributed by atoms with van der Waals surface area (Å²) in [6.07, 6.45) is 0.390. The molecule has 37 heavy (non-hydrogen) atoms. The van der Waals surface area contributed by atoms with Crippen molar-refractivity contribution < 1.29 is 22.7 Å². The van der Waals surface area contributed by atoms with Crippen LogP contribution in [-0.2, 0) is 11.2 Å². The van der Waals surface area contributed by atoms with Gasteiger partial charge < -0.3 is 9.64 Å². The highest BCUT2D eigenvalue weighted by Gasteiger charge is 2.27. The van der Waals surface area contributed by atoms with Crippen molar-refractivity contribution in [3.8, 4) is 28.3 Å². The van der Waals surface area contributed by atoms with Crippen LogP contribution in [0.1, 0.15) is 24.8 Å². The number of rotatable bonds is 11. The normalized spacial score (nSPS) is 11.8. The van der Waals surface area contributed by atoms with Crippen LogP contribution in [-0.4, -0.2) is 58.5 Å². The van der Waals surface area contributed by atoms with Gasteiger partial charge in [0, 0.05) is 49.0 Å². The molecule has 4 aromatic rings. The number of nitrogens with zero attached hydrogens (tertiary/aromatic N) is 4. The highest BCUT2D eigenvalue weighted by Crippen LogP contribution is 2.27. The molecule has 0 saturated carbocycles. The number of halogens is 3. The molecule has 3 heterocycles. The Labute approximate surface area is 213 Å². The number of hydrogen-bond acceptors (Lipinski definition) is 5. The molecule has 1 aromatic carbocycles. The Morgan fingerprint density at radius 2 is 1.84 bits per heavy atom. The van der Waals surface area contributed by atoms with Gasteiger partial charge in [-0.25, -0.2) is 9.97 Å². The summed E-state index contributed by atoms with van der Waals surface area (Å²) >= 11 is 0. The van der Waals surface area contributed by atoms with E-state index in [9.17, 15) is 18.0 Å². The summed E-state index contributed by atoms with van der Waals surface area (Å²) in [7, 11) is 4.05. The Morgan fingerprint density at radius 1 is 1.00 bits per heavy atom. The molecule has 0 amide bonds. The van der Waals surface area contributed by atoms with Crippen LogP contribution in [0.3, 0.4) is 0 Å². The first-order valence-electron chi connectivity index (χ1n) is 12.1. The minimum atomic E-state index is -4.33. The second-order valence-corrected chi connectivity index (χ2v) is 9.21. The van der Waals surface area contributed by atoms with Gasteiger partial charge in [0.25, 0.3) is 0 Å². The van der Waals surface area contributed by atoms with Crippen LogP contribution in [0.25, 0.3) is 28.0 Å².